The number of hydrogen-bond acceptors (Lipinski definition) is 3. The maximum atomic E-state index is 13.3. The Labute approximate surface area is 145 Å². The van der Waals surface area contributed by atoms with Crippen LogP contribution in [0.2, 0.25) is 0 Å². The predicted molar refractivity (Wildman–Crippen MR) is 92.7 cm³/mol. The fourth-order valence-electron chi connectivity index (χ4n) is 3.19. The van der Waals surface area contributed by atoms with Crippen molar-refractivity contribution >= 4 is 11.4 Å². The van der Waals surface area contributed by atoms with E-state index in [1.165, 1.54) is 4.90 Å². The summed E-state index contributed by atoms with van der Waals surface area (Å²) in [6.07, 6.45) is -2.83. The topological polar surface area (TPSA) is 38.5 Å². The molecule has 0 saturated carbocycles. The zero-order valence-electron chi connectivity index (χ0n) is 13.8. The standard InChI is InChI=1S/C19H21F3N2O/c20-19(21,22)18-8-4-5-11-24(18)17-10-9-15(12-16(17)23)25-13-14-6-2-1-3-7-14/h1-3,6-7,9-10,12,18H,4-5,8,11,13,23H2. The molecule has 1 heterocycles. The second-order valence-corrected chi connectivity index (χ2v) is 6.24. The summed E-state index contributed by atoms with van der Waals surface area (Å²) in [5.74, 6) is 0.547. The van der Waals surface area contributed by atoms with Gasteiger partial charge in [-0.2, -0.15) is 13.2 Å². The van der Waals surface area contributed by atoms with E-state index in [1.807, 2.05) is 30.3 Å². The Balaban J connectivity index is 1.74. The van der Waals surface area contributed by atoms with Crippen LogP contribution in [0.1, 0.15) is 24.8 Å². The van der Waals surface area contributed by atoms with E-state index in [2.05, 4.69) is 0 Å². The number of nitrogens with two attached hydrogens (primary N) is 1. The van der Waals surface area contributed by atoms with Crippen LogP contribution in [0.25, 0.3) is 0 Å². The van der Waals surface area contributed by atoms with Gasteiger partial charge in [-0.3, -0.25) is 0 Å². The highest BCUT2D eigenvalue weighted by Crippen LogP contribution is 2.38. The van der Waals surface area contributed by atoms with Crippen LogP contribution in [0.3, 0.4) is 0 Å². The van der Waals surface area contributed by atoms with Crippen molar-refractivity contribution in [2.45, 2.75) is 38.1 Å². The van der Waals surface area contributed by atoms with Gasteiger partial charge in [0.05, 0.1) is 11.4 Å². The summed E-state index contributed by atoms with van der Waals surface area (Å²) in [6, 6.07) is 13.1. The second kappa shape index (κ2) is 7.25. The molecular formula is C19H21F3N2O. The summed E-state index contributed by atoms with van der Waals surface area (Å²) in [6.45, 7) is 0.743. The monoisotopic (exact) mass is 350 g/mol. The number of rotatable bonds is 4. The minimum Gasteiger partial charge on any atom is -0.489 e. The molecule has 0 bridgehead atoms. The number of ether oxygens (including phenoxy) is 1. The van der Waals surface area contributed by atoms with Crippen molar-refractivity contribution < 1.29 is 17.9 Å². The van der Waals surface area contributed by atoms with Gasteiger partial charge >= 0.3 is 6.18 Å². The number of halogens is 3. The molecule has 2 N–H and O–H groups in total. The van der Waals surface area contributed by atoms with Crippen molar-refractivity contribution in [2.75, 3.05) is 17.2 Å². The maximum absolute atomic E-state index is 13.3. The van der Waals surface area contributed by atoms with Crippen LogP contribution in [0, 0.1) is 0 Å². The first-order valence-electron chi connectivity index (χ1n) is 8.35. The Morgan fingerprint density at radius 3 is 2.52 bits per heavy atom. The lowest BCUT2D eigenvalue weighted by molar-refractivity contribution is -0.152. The van der Waals surface area contributed by atoms with Crippen LogP contribution in [-0.2, 0) is 6.61 Å². The van der Waals surface area contributed by atoms with Crippen molar-refractivity contribution in [1.82, 2.24) is 0 Å². The van der Waals surface area contributed by atoms with Crippen LogP contribution < -0.4 is 15.4 Å². The molecule has 1 atom stereocenters. The highest BCUT2D eigenvalue weighted by molar-refractivity contribution is 5.70. The Kier molecular flexibility index (Phi) is 5.06. The van der Waals surface area contributed by atoms with Crippen LogP contribution in [0.5, 0.6) is 5.75 Å². The van der Waals surface area contributed by atoms with E-state index in [-0.39, 0.29) is 6.42 Å². The quantitative estimate of drug-likeness (QED) is 0.808. The number of nitrogens with zero attached hydrogens (tertiary/aromatic N) is 1. The molecule has 0 aliphatic carbocycles. The Morgan fingerprint density at radius 2 is 1.84 bits per heavy atom. The van der Waals surface area contributed by atoms with Gasteiger partial charge in [-0.15, -0.1) is 0 Å². The number of hydrogen-bond donors (Lipinski definition) is 1. The molecule has 1 fully saturated rings. The van der Waals surface area contributed by atoms with Gasteiger partial charge < -0.3 is 15.4 Å². The fourth-order valence-corrected chi connectivity index (χ4v) is 3.19. The highest BCUT2D eigenvalue weighted by Gasteiger charge is 2.44. The molecule has 1 aliphatic rings. The van der Waals surface area contributed by atoms with E-state index in [1.54, 1.807) is 18.2 Å². The Bertz CT molecular complexity index is 704. The van der Waals surface area contributed by atoms with Crippen molar-refractivity contribution in [2.24, 2.45) is 0 Å². The molecule has 1 saturated heterocycles. The van der Waals surface area contributed by atoms with Gasteiger partial charge in [0.1, 0.15) is 18.4 Å². The van der Waals surface area contributed by atoms with Gasteiger partial charge in [0, 0.05) is 12.6 Å². The van der Waals surface area contributed by atoms with Crippen molar-refractivity contribution in [3.8, 4) is 5.75 Å². The Morgan fingerprint density at radius 1 is 1.08 bits per heavy atom. The summed E-state index contributed by atoms with van der Waals surface area (Å²) in [5, 5.41) is 0. The third-order valence-corrected chi connectivity index (χ3v) is 4.44. The maximum Gasteiger partial charge on any atom is 0.408 e. The summed E-state index contributed by atoms with van der Waals surface area (Å²) < 4.78 is 45.6. The smallest absolute Gasteiger partial charge is 0.408 e. The summed E-state index contributed by atoms with van der Waals surface area (Å²) in [7, 11) is 0. The number of anilines is 2. The molecule has 0 amide bonds. The van der Waals surface area contributed by atoms with Crippen LogP contribution >= 0.6 is 0 Å². The zero-order chi connectivity index (χ0) is 17.9. The minimum atomic E-state index is -4.25. The first-order valence-corrected chi connectivity index (χ1v) is 8.35. The van der Waals surface area contributed by atoms with Gasteiger partial charge in [-0.05, 0) is 37.0 Å². The molecule has 0 aromatic heterocycles. The molecule has 3 rings (SSSR count). The normalized spacial score (nSPS) is 18.2. The molecule has 134 valence electrons. The second-order valence-electron chi connectivity index (χ2n) is 6.24. The van der Waals surface area contributed by atoms with E-state index in [0.717, 1.165) is 12.0 Å². The van der Waals surface area contributed by atoms with E-state index >= 15 is 0 Å². The molecule has 6 heteroatoms. The van der Waals surface area contributed by atoms with E-state index in [9.17, 15) is 13.2 Å². The van der Waals surface area contributed by atoms with E-state index in [0.29, 0.717) is 36.7 Å². The number of nitrogen functional groups attached to an aromatic ring is 1. The number of alkyl halides is 3. The van der Waals surface area contributed by atoms with Gasteiger partial charge in [0.15, 0.2) is 0 Å². The lowest BCUT2D eigenvalue weighted by Gasteiger charge is -2.39. The molecule has 1 aliphatic heterocycles. The molecule has 0 spiro atoms. The molecule has 2 aromatic carbocycles. The largest absolute Gasteiger partial charge is 0.489 e. The molecule has 3 nitrogen and oxygen atoms in total. The molecule has 2 aromatic rings. The Hall–Kier alpha value is -2.37. The first-order chi connectivity index (χ1) is 11.9. The zero-order valence-corrected chi connectivity index (χ0v) is 13.8. The molecule has 1 unspecified atom stereocenters. The molecule has 0 radical (unpaired) electrons. The lowest BCUT2D eigenvalue weighted by atomic mass is 10.0. The summed E-state index contributed by atoms with van der Waals surface area (Å²) in [5.41, 5.74) is 7.78. The fraction of sp³-hybridized carbons (Fsp3) is 0.368. The summed E-state index contributed by atoms with van der Waals surface area (Å²) in [4.78, 5) is 1.37. The minimum absolute atomic E-state index is 0.106. The van der Waals surface area contributed by atoms with Gasteiger partial charge in [-0.25, -0.2) is 0 Å². The highest BCUT2D eigenvalue weighted by atomic mass is 19.4. The summed E-state index contributed by atoms with van der Waals surface area (Å²) >= 11 is 0. The van der Waals surface area contributed by atoms with Gasteiger partial charge in [0.25, 0.3) is 0 Å². The van der Waals surface area contributed by atoms with Gasteiger partial charge in [0.2, 0.25) is 0 Å². The van der Waals surface area contributed by atoms with Crippen LogP contribution in [0.4, 0.5) is 24.5 Å². The van der Waals surface area contributed by atoms with E-state index < -0.39 is 12.2 Å². The molecule has 25 heavy (non-hydrogen) atoms. The van der Waals surface area contributed by atoms with Crippen LogP contribution in [0.15, 0.2) is 48.5 Å². The lowest BCUT2D eigenvalue weighted by Crippen LogP contribution is -2.49. The average Bonchev–Trinajstić information content (AvgIpc) is 2.60. The SMILES string of the molecule is Nc1cc(OCc2ccccc2)ccc1N1CCCCC1C(F)(F)F. The predicted octanol–water partition coefficient (Wildman–Crippen LogP) is 4.77. The first kappa shape index (κ1) is 17.5. The van der Waals surface area contributed by atoms with Crippen molar-refractivity contribution in [3.05, 3.63) is 54.1 Å². The average molecular weight is 350 g/mol. The number of piperidine rings is 1. The third-order valence-electron chi connectivity index (χ3n) is 4.44. The van der Waals surface area contributed by atoms with Crippen molar-refractivity contribution in [1.29, 1.82) is 0 Å². The third kappa shape index (κ3) is 4.18. The van der Waals surface area contributed by atoms with Crippen LogP contribution in [-0.4, -0.2) is 18.8 Å². The van der Waals surface area contributed by atoms with Gasteiger partial charge in [-0.1, -0.05) is 30.3 Å². The van der Waals surface area contributed by atoms with Crippen molar-refractivity contribution in [3.63, 3.8) is 0 Å². The van der Waals surface area contributed by atoms with E-state index in [4.69, 9.17) is 10.5 Å². The molecular weight excluding hydrogens is 329 g/mol. The number of benzene rings is 2.